The Morgan fingerprint density at radius 3 is 2.62 bits per heavy atom. The van der Waals surface area contributed by atoms with Gasteiger partial charge in [0, 0.05) is 25.9 Å². The molecule has 2 aromatic rings. The molecule has 1 aromatic carbocycles. The minimum Gasteiger partial charge on any atom is -0.383 e. The molecule has 0 aliphatic carbocycles. The lowest BCUT2D eigenvalue weighted by Gasteiger charge is -2.25. The SMILES string of the molecule is COCCN(CC(C)C)C(=O)c1cnc(SC)n1-c1ccccc1. The van der Waals surface area contributed by atoms with Gasteiger partial charge in [-0.25, -0.2) is 4.98 Å². The van der Waals surface area contributed by atoms with Crippen molar-refractivity contribution in [3.8, 4) is 5.69 Å². The van der Waals surface area contributed by atoms with E-state index in [1.165, 1.54) is 11.8 Å². The van der Waals surface area contributed by atoms with E-state index in [0.29, 0.717) is 31.3 Å². The Hall–Kier alpha value is -1.79. The lowest BCUT2D eigenvalue weighted by molar-refractivity contribution is 0.0664. The van der Waals surface area contributed by atoms with Gasteiger partial charge in [-0.3, -0.25) is 9.36 Å². The molecule has 0 N–H and O–H groups in total. The van der Waals surface area contributed by atoms with E-state index in [4.69, 9.17) is 4.74 Å². The zero-order valence-electron chi connectivity index (χ0n) is 14.7. The van der Waals surface area contributed by atoms with E-state index in [0.717, 1.165) is 10.8 Å². The largest absolute Gasteiger partial charge is 0.383 e. The Bertz CT molecular complexity index is 656. The van der Waals surface area contributed by atoms with Crippen molar-refractivity contribution in [3.63, 3.8) is 0 Å². The topological polar surface area (TPSA) is 47.4 Å². The van der Waals surface area contributed by atoms with Crippen molar-refractivity contribution in [3.05, 3.63) is 42.2 Å². The minimum absolute atomic E-state index is 0.0163. The van der Waals surface area contributed by atoms with Gasteiger partial charge in [-0.1, -0.05) is 43.8 Å². The third kappa shape index (κ3) is 4.39. The van der Waals surface area contributed by atoms with E-state index < -0.39 is 0 Å². The van der Waals surface area contributed by atoms with Crippen molar-refractivity contribution in [2.24, 2.45) is 5.92 Å². The molecular weight excluding hydrogens is 322 g/mol. The van der Waals surface area contributed by atoms with Crippen molar-refractivity contribution < 1.29 is 9.53 Å². The number of para-hydroxylation sites is 1. The maximum Gasteiger partial charge on any atom is 0.272 e. The van der Waals surface area contributed by atoms with Gasteiger partial charge in [0.15, 0.2) is 5.16 Å². The summed E-state index contributed by atoms with van der Waals surface area (Å²) in [5.74, 6) is 0.372. The molecule has 0 aliphatic rings. The molecule has 0 saturated heterocycles. The van der Waals surface area contributed by atoms with Gasteiger partial charge in [-0.2, -0.15) is 0 Å². The van der Waals surface area contributed by atoms with Crippen molar-refractivity contribution in [2.75, 3.05) is 33.1 Å². The maximum atomic E-state index is 13.1. The molecule has 0 saturated carbocycles. The van der Waals surface area contributed by atoms with Crippen LogP contribution in [0.25, 0.3) is 5.69 Å². The fourth-order valence-corrected chi connectivity index (χ4v) is 3.08. The molecule has 0 atom stereocenters. The van der Waals surface area contributed by atoms with Crippen molar-refractivity contribution in [1.29, 1.82) is 0 Å². The highest BCUT2D eigenvalue weighted by Crippen LogP contribution is 2.22. The quantitative estimate of drug-likeness (QED) is 0.687. The average molecular weight is 347 g/mol. The summed E-state index contributed by atoms with van der Waals surface area (Å²) in [5, 5.41) is 0.806. The summed E-state index contributed by atoms with van der Waals surface area (Å²) in [6.45, 7) is 6.00. The van der Waals surface area contributed by atoms with E-state index in [-0.39, 0.29) is 5.91 Å². The first kappa shape index (κ1) is 18.5. The summed E-state index contributed by atoms with van der Waals surface area (Å²) in [4.78, 5) is 19.4. The number of amides is 1. The van der Waals surface area contributed by atoms with Crippen LogP contribution in [0.2, 0.25) is 0 Å². The van der Waals surface area contributed by atoms with Gasteiger partial charge in [-0.15, -0.1) is 0 Å². The molecule has 1 aromatic heterocycles. The summed E-state index contributed by atoms with van der Waals surface area (Å²) in [7, 11) is 1.65. The predicted octanol–water partition coefficient (Wildman–Crippen LogP) is 3.34. The minimum atomic E-state index is -0.0163. The molecule has 0 radical (unpaired) electrons. The number of ether oxygens (including phenoxy) is 1. The highest BCUT2D eigenvalue weighted by atomic mass is 32.2. The summed E-state index contributed by atoms with van der Waals surface area (Å²) >= 11 is 1.53. The first-order valence-electron chi connectivity index (χ1n) is 8.03. The first-order valence-corrected chi connectivity index (χ1v) is 9.26. The van der Waals surface area contributed by atoms with E-state index in [2.05, 4.69) is 18.8 Å². The van der Waals surface area contributed by atoms with E-state index >= 15 is 0 Å². The van der Waals surface area contributed by atoms with Gasteiger partial charge in [-0.05, 0) is 24.3 Å². The second kappa shape index (κ2) is 8.89. The van der Waals surface area contributed by atoms with Crippen LogP contribution < -0.4 is 0 Å². The van der Waals surface area contributed by atoms with Crippen molar-refractivity contribution >= 4 is 17.7 Å². The van der Waals surface area contributed by atoms with Gasteiger partial charge >= 0.3 is 0 Å². The summed E-state index contributed by atoms with van der Waals surface area (Å²) in [6, 6.07) is 9.86. The lowest BCUT2D eigenvalue weighted by Crippen LogP contribution is -2.37. The Balaban J connectivity index is 2.39. The van der Waals surface area contributed by atoms with Crippen LogP contribution in [0.1, 0.15) is 24.3 Å². The molecular formula is C18H25N3O2S. The molecule has 0 spiro atoms. The molecule has 5 nitrogen and oxygen atoms in total. The number of rotatable bonds is 8. The van der Waals surface area contributed by atoms with Crippen LogP contribution in [0, 0.1) is 5.92 Å². The molecule has 6 heteroatoms. The number of hydrogen-bond acceptors (Lipinski definition) is 4. The molecule has 0 unspecified atom stereocenters. The number of carbonyl (C=O) groups excluding carboxylic acids is 1. The average Bonchev–Trinajstić information content (AvgIpc) is 3.02. The molecule has 130 valence electrons. The molecule has 0 bridgehead atoms. The zero-order chi connectivity index (χ0) is 17.5. The monoisotopic (exact) mass is 347 g/mol. The lowest BCUT2D eigenvalue weighted by atomic mass is 10.2. The molecule has 0 aliphatic heterocycles. The van der Waals surface area contributed by atoms with Crippen LogP contribution >= 0.6 is 11.8 Å². The first-order chi connectivity index (χ1) is 11.6. The summed E-state index contributed by atoms with van der Waals surface area (Å²) in [6.07, 6.45) is 3.63. The fourth-order valence-electron chi connectivity index (χ4n) is 2.54. The molecule has 2 rings (SSSR count). The van der Waals surface area contributed by atoms with Crippen LogP contribution in [0.4, 0.5) is 0 Å². The number of methoxy groups -OCH3 is 1. The summed E-state index contributed by atoms with van der Waals surface area (Å²) < 4.78 is 7.08. The number of imidazole rings is 1. The van der Waals surface area contributed by atoms with Gasteiger partial charge in [0.2, 0.25) is 0 Å². The predicted molar refractivity (Wildman–Crippen MR) is 98.0 cm³/mol. The van der Waals surface area contributed by atoms with Crippen LogP contribution in [0.3, 0.4) is 0 Å². The maximum absolute atomic E-state index is 13.1. The number of aromatic nitrogens is 2. The van der Waals surface area contributed by atoms with Crippen LogP contribution in [-0.2, 0) is 4.74 Å². The van der Waals surface area contributed by atoms with E-state index in [1.54, 1.807) is 13.3 Å². The third-order valence-corrected chi connectivity index (χ3v) is 4.24. The van der Waals surface area contributed by atoms with Crippen LogP contribution in [-0.4, -0.2) is 53.4 Å². The van der Waals surface area contributed by atoms with E-state index in [1.807, 2.05) is 46.1 Å². The van der Waals surface area contributed by atoms with Gasteiger partial charge in [0.05, 0.1) is 12.8 Å². The van der Waals surface area contributed by atoms with Crippen molar-refractivity contribution in [1.82, 2.24) is 14.5 Å². The van der Waals surface area contributed by atoms with Crippen LogP contribution in [0.5, 0.6) is 0 Å². The number of carbonyl (C=O) groups is 1. The van der Waals surface area contributed by atoms with E-state index in [9.17, 15) is 4.79 Å². The van der Waals surface area contributed by atoms with Crippen molar-refractivity contribution in [2.45, 2.75) is 19.0 Å². The fraction of sp³-hybridized carbons (Fsp3) is 0.444. The van der Waals surface area contributed by atoms with Gasteiger partial charge in [0.25, 0.3) is 5.91 Å². The van der Waals surface area contributed by atoms with Gasteiger partial charge < -0.3 is 9.64 Å². The Kier molecular flexibility index (Phi) is 6.87. The molecule has 0 fully saturated rings. The summed E-state index contributed by atoms with van der Waals surface area (Å²) in [5.41, 5.74) is 1.53. The Morgan fingerprint density at radius 2 is 2.04 bits per heavy atom. The Morgan fingerprint density at radius 1 is 1.33 bits per heavy atom. The molecule has 1 amide bonds. The number of benzene rings is 1. The highest BCUT2D eigenvalue weighted by Gasteiger charge is 2.23. The Labute approximate surface area is 148 Å². The molecule has 1 heterocycles. The van der Waals surface area contributed by atoms with Gasteiger partial charge in [0.1, 0.15) is 5.69 Å². The van der Waals surface area contributed by atoms with Crippen LogP contribution in [0.15, 0.2) is 41.7 Å². The normalized spacial score (nSPS) is 11.0. The number of nitrogens with zero attached hydrogens (tertiary/aromatic N) is 3. The number of thioether (sulfide) groups is 1. The highest BCUT2D eigenvalue weighted by molar-refractivity contribution is 7.98. The smallest absolute Gasteiger partial charge is 0.272 e. The third-order valence-electron chi connectivity index (χ3n) is 3.58. The standard InChI is InChI=1S/C18H25N3O2S/c1-14(2)13-20(10-11-23-3)17(22)16-12-19-18(24-4)21(16)15-8-6-5-7-9-15/h5-9,12,14H,10-11,13H2,1-4H3. The number of hydrogen-bond donors (Lipinski definition) is 0. The second-order valence-electron chi connectivity index (χ2n) is 5.94. The molecule has 24 heavy (non-hydrogen) atoms. The zero-order valence-corrected chi connectivity index (χ0v) is 15.5. The second-order valence-corrected chi connectivity index (χ2v) is 6.71.